The molecule has 0 bridgehead atoms. The molecule has 0 heterocycles. The smallest absolute Gasteiger partial charge is 0.219 e. The van der Waals surface area contributed by atoms with Crippen LogP contribution >= 0.6 is 0 Å². The molecule has 1 amide bonds. The van der Waals surface area contributed by atoms with E-state index in [1.54, 1.807) is 7.05 Å². The summed E-state index contributed by atoms with van der Waals surface area (Å²) in [5.74, 6) is 0.123. The van der Waals surface area contributed by atoms with E-state index in [1.165, 1.54) is 0 Å². The number of carbonyl (C=O) groups is 1. The molecule has 0 aromatic carbocycles. The first-order chi connectivity index (χ1) is 7.06. The van der Waals surface area contributed by atoms with Crippen LogP contribution in [-0.2, 0) is 4.79 Å². The highest BCUT2D eigenvalue weighted by atomic mass is 16.1. The molecule has 0 fully saturated rings. The summed E-state index contributed by atoms with van der Waals surface area (Å²) in [4.78, 5) is 13.1. The fourth-order valence-corrected chi connectivity index (χ4v) is 1.28. The van der Waals surface area contributed by atoms with E-state index in [1.807, 2.05) is 0 Å². The Morgan fingerprint density at radius 2 is 2.07 bits per heavy atom. The van der Waals surface area contributed by atoms with Gasteiger partial charge < -0.3 is 15.5 Å². The Kier molecular flexibility index (Phi) is 8.33. The SMILES string of the molecule is CNC(=O)CCCNC(C)CCN(C)C. The second-order valence-corrected chi connectivity index (χ2v) is 4.22. The van der Waals surface area contributed by atoms with Gasteiger partial charge in [0.05, 0.1) is 0 Å². The minimum absolute atomic E-state index is 0.123. The highest BCUT2D eigenvalue weighted by Crippen LogP contribution is 1.93. The standard InChI is InChI=1S/C11H25N3O/c1-10(7-9-14(3)4)13-8-5-6-11(15)12-2/h10,13H,5-9H2,1-4H3,(H,12,15). The summed E-state index contributed by atoms with van der Waals surface area (Å²) in [7, 11) is 5.84. The molecule has 90 valence electrons. The van der Waals surface area contributed by atoms with Crippen molar-refractivity contribution in [3.8, 4) is 0 Å². The van der Waals surface area contributed by atoms with E-state index in [0.717, 1.165) is 25.9 Å². The maximum Gasteiger partial charge on any atom is 0.219 e. The number of amides is 1. The zero-order chi connectivity index (χ0) is 11.7. The average molecular weight is 215 g/mol. The number of nitrogens with one attached hydrogen (secondary N) is 2. The molecule has 2 N–H and O–H groups in total. The normalized spacial score (nSPS) is 12.9. The first kappa shape index (κ1) is 14.4. The number of rotatable bonds is 8. The summed E-state index contributed by atoms with van der Waals surface area (Å²) in [6, 6.07) is 0.525. The molecule has 0 aromatic heterocycles. The van der Waals surface area contributed by atoms with Crippen molar-refractivity contribution in [1.82, 2.24) is 15.5 Å². The molecule has 0 spiro atoms. The molecule has 4 heteroatoms. The molecule has 1 unspecified atom stereocenters. The third-order valence-electron chi connectivity index (χ3n) is 2.36. The van der Waals surface area contributed by atoms with Crippen LogP contribution in [-0.4, -0.2) is 51.1 Å². The van der Waals surface area contributed by atoms with Gasteiger partial charge >= 0.3 is 0 Å². The summed E-state index contributed by atoms with van der Waals surface area (Å²) >= 11 is 0. The van der Waals surface area contributed by atoms with Crippen LogP contribution < -0.4 is 10.6 Å². The Morgan fingerprint density at radius 1 is 1.40 bits per heavy atom. The lowest BCUT2D eigenvalue weighted by molar-refractivity contribution is -0.120. The fourth-order valence-electron chi connectivity index (χ4n) is 1.28. The maximum atomic E-state index is 10.9. The van der Waals surface area contributed by atoms with Crippen molar-refractivity contribution in [2.24, 2.45) is 0 Å². The van der Waals surface area contributed by atoms with Crippen LogP contribution in [0.15, 0.2) is 0 Å². The first-order valence-corrected chi connectivity index (χ1v) is 5.65. The maximum absolute atomic E-state index is 10.9. The molecule has 0 aromatic rings. The van der Waals surface area contributed by atoms with Crippen LogP contribution in [0.2, 0.25) is 0 Å². The molecule has 0 rings (SSSR count). The van der Waals surface area contributed by atoms with Crippen LogP contribution in [0.4, 0.5) is 0 Å². The summed E-state index contributed by atoms with van der Waals surface area (Å²) in [5.41, 5.74) is 0. The Bertz CT molecular complexity index is 171. The summed E-state index contributed by atoms with van der Waals surface area (Å²) < 4.78 is 0. The van der Waals surface area contributed by atoms with E-state index in [-0.39, 0.29) is 5.91 Å². The van der Waals surface area contributed by atoms with Crippen molar-refractivity contribution in [1.29, 1.82) is 0 Å². The van der Waals surface area contributed by atoms with Gasteiger partial charge in [-0.05, 0) is 47.0 Å². The highest BCUT2D eigenvalue weighted by Gasteiger charge is 2.02. The molecule has 0 saturated heterocycles. The monoisotopic (exact) mass is 215 g/mol. The van der Waals surface area contributed by atoms with Crippen molar-refractivity contribution in [2.45, 2.75) is 32.2 Å². The van der Waals surface area contributed by atoms with Crippen molar-refractivity contribution in [3.63, 3.8) is 0 Å². The molecule has 0 aliphatic rings. The Morgan fingerprint density at radius 3 is 2.60 bits per heavy atom. The molecule has 0 radical (unpaired) electrons. The van der Waals surface area contributed by atoms with Gasteiger partial charge in [-0.1, -0.05) is 0 Å². The van der Waals surface area contributed by atoms with E-state index < -0.39 is 0 Å². The lowest BCUT2D eigenvalue weighted by Crippen LogP contribution is -2.31. The highest BCUT2D eigenvalue weighted by molar-refractivity contribution is 5.75. The van der Waals surface area contributed by atoms with Gasteiger partial charge in [0.15, 0.2) is 0 Å². The lowest BCUT2D eigenvalue weighted by Gasteiger charge is -2.16. The van der Waals surface area contributed by atoms with Gasteiger partial charge in [-0.25, -0.2) is 0 Å². The van der Waals surface area contributed by atoms with Crippen molar-refractivity contribution >= 4 is 5.91 Å². The second kappa shape index (κ2) is 8.68. The van der Waals surface area contributed by atoms with Crippen molar-refractivity contribution in [3.05, 3.63) is 0 Å². The predicted octanol–water partition coefficient (Wildman–Crippen LogP) is 0.442. The van der Waals surface area contributed by atoms with Gasteiger partial charge in [-0.3, -0.25) is 4.79 Å². The number of nitrogens with zero attached hydrogens (tertiary/aromatic N) is 1. The van der Waals surface area contributed by atoms with Crippen molar-refractivity contribution in [2.75, 3.05) is 34.2 Å². The second-order valence-electron chi connectivity index (χ2n) is 4.22. The lowest BCUT2D eigenvalue weighted by atomic mass is 10.2. The van der Waals surface area contributed by atoms with E-state index in [2.05, 4.69) is 36.6 Å². The largest absolute Gasteiger partial charge is 0.359 e. The third-order valence-corrected chi connectivity index (χ3v) is 2.36. The average Bonchev–Trinajstić information content (AvgIpc) is 2.21. The van der Waals surface area contributed by atoms with Crippen LogP contribution in [0.1, 0.15) is 26.2 Å². The van der Waals surface area contributed by atoms with Crippen LogP contribution in [0.3, 0.4) is 0 Å². The molecule has 4 nitrogen and oxygen atoms in total. The van der Waals surface area contributed by atoms with Gasteiger partial charge in [-0.2, -0.15) is 0 Å². The fraction of sp³-hybridized carbons (Fsp3) is 0.909. The van der Waals surface area contributed by atoms with Gasteiger partial charge in [-0.15, -0.1) is 0 Å². The number of carbonyl (C=O) groups excluding carboxylic acids is 1. The summed E-state index contributed by atoms with van der Waals surface area (Å²) in [6.07, 6.45) is 2.67. The Hall–Kier alpha value is -0.610. The van der Waals surface area contributed by atoms with Gasteiger partial charge in [0.25, 0.3) is 0 Å². The zero-order valence-electron chi connectivity index (χ0n) is 10.5. The van der Waals surface area contributed by atoms with Crippen molar-refractivity contribution < 1.29 is 4.79 Å². The molecule has 0 aliphatic carbocycles. The zero-order valence-corrected chi connectivity index (χ0v) is 10.5. The van der Waals surface area contributed by atoms with E-state index in [9.17, 15) is 4.79 Å². The van der Waals surface area contributed by atoms with E-state index in [4.69, 9.17) is 0 Å². The van der Waals surface area contributed by atoms with E-state index in [0.29, 0.717) is 12.5 Å². The minimum atomic E-state index is 0.123. The third kappa shape index (κ3) is 9.69. The molecule has 0 aliphatic heterocycles. The Labute approximate surface area is 93.4 Å². The molecule has 15 heavy (non-hydrogen) atoms. The summed E-state index contributed by atoms with van der Waals surface area (Å²) in [6.45, 7) is 4.20. The van der Waals surface area contributed by atoms with Gasteiger partial charge in [0.2, 0.25) is 5.91 Å². The molecular weight excluding hydrogens is 190 g/mol. The van der Waals surface area contributed by atoms with Crippen LogP contribution in [0.5, 0.6) is 0 Å². The number of hydrogen-bond donors (Lipinski definition) is 2. The quantitative estimate of drug-likeness (QED) is 0.578. The van der Waals surface area contributed by atoms with E-state index >= 15 is 0 Å². The molecule has 0 saturated carbocycles. The van der Waals surface area contributed by atoms with Gasteiger partial charge in [0, 0.05) is 19.5 Å². The predicted molar refractivity (Wildman–Crippen MR) is 63.9 cm³/mol. The molecular formula is C11H25N3O. The van der Waals surface area contributed by atoms with Crippen LogP contribution in [0.25, 0.3) is 0 Å². The van der Waals surface area contributed by atoms with Gasteiger partial charge in [0.1, 0.15) is 0 Å². The Balaban J connectivity index is 3.31. The topological polar surface area (TPSA) is 44.4 Å². The van der Waals surface area contributed by atoms with Crippen LogP contribution in [0, 0.1) is 0 Å². The first-order valence-electron chi connectivity index (χ1n) is 5.65. The summed E-state index contributed by atoms with van der Waals surface area (Å²) in [5, 5.41) is 6.03. The minimum Gasteiger partial charge on any atom is -0.359 e. The number of hydrogen-bond acceptors (Lipinski definition) is 3. The molecule has 1 atom stereocenters.